The smallest absolute Gasteiger partial charge is 0.308 e. The molecule has 1 unspecified atom stereocenters. The summed E-state index contributed by atoms with van der Waals surface area (Å²) in [7, 11) is 3.18. The van der Waals surface area contributed by atoms with Crippen molar-refractivity contribution in [2.45, 2.75) is 6.42 Å². The average molecular weight is 344 g/mol. The Balaban J connectivity index is 1.78. The summed E-state index contributed by atoms with van der Waals surface area (Å²) in [6.45, 7) is 1.12. The molecule has 2 aromatic rings. The number of benzene rings is 1. The molecule has 8 nitrogen and oxygen atoms in total. The highest BCUT2D eigenvalue weighted by molar-refractivity contribution is 5.72. The zero-order valence-electron chi connectivity index (χ0n) is 14.1. The van der Waals surface area contributed by atoms with E-state index in [4.69, 9.17) is 14.6 Å². The molecule has 8 heteroatoms. The summed E-state index contributed by atoms with van der Waals surface area (Å²) >= 11 is 0. The predicted octanol–water partition coefficient (Wildman–Crippen LogP) is 2.15. The van der Waals surface area contributed by atoms with Crippen LogP contribution in [0.1, 0.15) is 6.42 Å². The molecule has 0 radical (unpaired) electrons. The fourth-order valence-electron chi connectivity index (χ4n) is 2.80. The lowest BCUT2D eigenvalue weighted by molar-refractivity contribution is -0.140. The number of hydrogen-bond donors (Lipinski definition) is 2. The van der Waals surface area contributed by atoms with E-state index in [9.17, 15) is 4.79 Å². The number of methoxy groups -OCH3 is 2. The Bertz CT molecular complexity index is 768. The van der Waals surface area contributed by atoms with E-state index in [1.807, 2.05) is 17.0 Å². The first-order chi connectivity index (χ1) is 12.1. The molecule has 0 amide bonds. The summed E-state index contributed by atoms with van der Waals surface area (Å²) in [4.78, 5) is 21.6. The number of aromatic nitrogens is 2. The van der Waals surface area contributed by atoms with Crippen molar-refractivity contribution < 1.29 is 19.4 Å². The molecule has 1 aliphatic rings. The molecule has 0 aliphatic carbocycles. The van der Waals surface area contributed by atoms with Gasteiger partial charge < -0.3 is 24.8 Å². The van der Waals surface area contributed by atoms with Crippen molar-refractivity contribution in [1.29, 1.82) is 0 Å². The largest absolute Gasteiger partial charge is 0.497 e. The van der Waals surface area contributed by atoms with Crippen LogP contribution >= 0.6 is 0 Å². The molecule has 1 aliphatic heterocycles. The van der Waals surface area contributed by atoms with Crippen LogP contribution in [0.15, 0.2) is 30.6 Å². The minimum Gasteiger partial charge on any atom is -0.497 e. The van der Waals surface area contributed by atoms with Crippen molar-refractivity contribution >= 4 is 23.3 Å². The summed E-state index contributed by atoms with van der Waals surface area (Å²) in [6, 6.07) is 7.25. The lowest BCUT2D eigenvalue weighted by atomic mass is 10.1. The summed E-state index contributed by atoms with van der Waals surface area (Å²) < 4.78 is 10.6. The maximum atomic E-state index is 11.1. The number of nitrogens with one attached hydrogen (secondary N) is 1. The quantitative estimate of drug-likeness (QED) is 0.823. The Morgan fingerprint density at radius 2 is 2.12 bits per heavy atom. The minimum absolute atomic E-state index is 0.354. The molecule has 132 valence electrons. The van der Waals surface area contributed by atoms with Gasteiger partial charge in [-0.1, -0.05) is 0 Å². The van der Waals surface area contributed by atoms with Crippen LogP contribution in [0.25, 0.3) is 0 Å². The number of anilines is 3. The zero-order valence-corrected chi connectivity index (χ0v) is 14.1. The van der Waals surface area contributed by atoms with Gasteiger partial charge in [0.2, 0.25) is 0 Å². The van der Waals surface area contributed by atoms with Gasteiger partial charge in [0.15, 0.2) is 0 Å². The lowest BCUT2D eigenvalue weighted by Gasteiger charge is -2.18. The summed E-state index contributed by atoms with van der Waals surface area (Å²) in [5, 5.41) is 12.3. The van der Waals surface area contributed by atoms with Gasteiger partial charge >= 0.3 is 5.97 Å². The number of nitrogens with zero attached hydrogens (tertiary/aromatic N) is 3. The van der Waals surface area contributed by atoms with Crippen LogP contribution in [0.2, 0.25) is 0 Å². The molecule has 25 heavy (non-hydrogen) atoms. The van der Waals surface area contributed by atoms with Crippen molar-refractivity contribution in [3.05, 3.63) is 30.6 Å². The molecular formula is C17H20N4O4. The highest BCUT2D eigenvalue weighted by atomic mass is 16.5. The van der Waals surface area contributed by atoms with Crippen molar-refractivity contribution in [3.63, 3.8) is 0 Å². The van der Waals surface area contributed by atoms with E-state index < -0.39 is 5.97 Å². The normalized spacial score (nSPS) is 16.6. The highest BCUT2D eigenvalue weighted by Gasteiger charge is 2.28. The van der Waals surface area contributed by atoms with E-state index in [2.05, 4.69) is 15.3 Å². The van der Waals surface area contributed by atoms with E-state index >= 15 is 0 Å². The Morgan fingerprint density at radius 1 is 1.28 bits per heavy atom. The summed E-state index contributed by atoms with van der Waals surface area (Å²) in [6.07, 6.45) is 2.08. The SMILES string of the molecule is COc1ccc(Nc2cc(N3CCC(C(=O)O)C3)ncn2)c(OC)c1. The second-order valence-electron chi connectivity index (χ2n) is 5.72. The van der Waals surface area contributed by atoms with Gasteiger partial charge in [0.05, 0.1) is 25.8 Å². The van der Waals surface area contributed by atoms with Crippen molar-refractivity contribution in [3.8, 4) is 11.5 Å². The first kappa shape index (κ1) is 16.8. The molecular weight excluding hydrogens is 324 g/mol. The van der Waals surface area contributed by atoms with Gasteiger partial charge in [-0.2, -0.15) is 0 Å². The van der Waals surface area contributed by atoms with E-state index in [0.717, 1.165) is 5.69 Å². The molecule has 1 atom stereocenters. The number of carboxylic acid groups (broad SMARTS) is 1. The number of rotatable bonds is 6. The van der Waals surface area contributed by atoms with Crippen LogP contribution in [0.4, 0.5) is 17.3 Å². The monoisotopic (exact) mass is 344 g/mol. The maximum Gasteiger partial charge on any atom is 0.308 e. The molecule has 1 aromatic carbocycles. The molecule has 3 rings (SSSR count). The molecule has 0 saturated carbocycles. The van der Waals surface area contributed by atoms with E-state index in [-0.39, 0.29) is 5.92 Å². The van der Waals surface area contributed by atoms with E-state index in [1.165, 1.54) is 6.33 Å². The standard InChI is InChI=1S/C17H20N4O4/c1-24-12-3-4-13(14(7-12)25-2)20-15-8-16(19-10-18-15)21-6-5-11(9-21)17(22)23/h3-4,7-8,10-11H,5-6,9H2,1-2H3,(H,22,23)(H,18,19,20). The van der Waals surface area contributed by atoms with Crippen LogP contribution in [-0.2, 0) is 4.79 Å². The van der Waals surface area contributed by atoms with Crippen molar-refractivity contribution in [1.82, 2.24) is 9.97 Å². The van der Waals surface area contributed by atoms with Gasteiger partial charge in [-0.3, -0.25) is 4.79 Å². The topological polar surface area (TPSA) is 96.8 Å². The zero-order chi connectivity index (χ0) is 17.8. The second kappa shape index (κ2) is 7.25. The summed E-state index contributed by atoms with van der Waals surface area (Å²) in [5.74, 6) is 1.51. The number of aliphatic carboxylic acids is 1. The fraction of sp³-hybridized carbons (Fsp3) is 0.353. The van der Waals surface area contributed by atoms with Crippen LogP contribution in [0, 0.1) is 5.92 Å². The van der Waals surface area contributed by atoms with Crippen molar-refractivity contribution in [2.24, 2.45) is 5.92 Å². The number of carbonyl (C=O) groups is 1. The predicted molar refractivity (Wildman–Crippen MR) is 92.8 cm³/mol. The second-order valence-corrected chi connectivity index (χ2v) is 5.72. The molecule has 2 heterocycles. The minimum atomic E-state index is -0.766. The molecule has 1 fully saturated rings. The Kier molecular flexibility index (Phi) is 4.87. The molecule has 0 spiro atoms. The van der Waals surface area contributed by atoms with E-state index in [1.54, 1.807) is 26.4 Å². The number of carboxylic acids is 1. The third kappa shape index (κ3) is 3.73. The number of ether oxygens (including phenoxy) is 2. The average Bonchev–Trinajstić information content (AvgIpc) is 3.13. The van der Waals surface area contributed by atoms with Gasteiger partial charge in [0, 0.05) is 25.2 Å². The Hall–Kier alpha value is -3.03. The third-order valence-electron chi connectivity index (χ3n) is 4.19. The lowest BCUT2D eigenvalue weighted by Crippen LogP contribution is -2.23. The van der Waals surface area contributed by atoms with E-state index in [0.29, 0.717) is 42.6 Å². The molecule has 2 N–H and O–H groups in total. The Labute approximate surface area is 145 Å². The number of hydrogen-bond acceptors (Lipinski definition) is 7. The molecule has 0 bridgehead atoms. The van der Waals surface area contributed by atoms with Crippen LogP contribution in [-0.4, -0.2) is 48.4 Å². The third-order valence-corrected chi connectivity index (χ3v) is 4.19. The Morgan fingerprint density at radius 3 is 2.80 bits per heavy atom. The van der Waals surface area contributed by atoms with Gasteiger partial charge in [0.25, 0.3) is 0 Å². The molecule has 1 saturated heterocycles. The summed E-state index contributed by atoms with van der Waals surface area (Å²) in [5.41, 5.74) is 0.748. The van der Waals surface area contributed by atoms with Gasteiger partial charge in [0.1, 0.15) is 29.5 Å². The van der Waals surface area contributed by atoms with Crippen LogP contribution in [0.3, 0.4) is 0 Å². The first-order valence-electron chi connectivity index (χ1n) is 7.89. The van der Waals surface area contributed by atoms with Gasteiger partial charge in [-0.25, -0.2) is 9.97 Å². The van der Waals surface area contributed by atoms with Crippen LogP contribution < -0.4 is 19.7 Å². The van der Waals surface area contributed by atoms with Gasteiger partial charge in [-0.15, -0.1) is 0 Å². The highest BCUT2D eigenvalue weighted by Crippen LogP contribution is 2.32. The first-order valence-corrected chi connectivity index (χ1v) is 7.89. The molecule has 1 aromatic heterocycles. The van der Waals surface area contributed by atoms with Crippen molar-refractivity contribution in [2.75, 3.05) is 37.5 Å². The fourth-order valence-corrected chi connectivity index (χ4v) is 2.80. The van der Waals surface area contributed by atoms with Crippen LogP contribution in [0.5, 0.6) is 11.5 Å². The maximum absolute atomic E-state index is 11.1. The van der Waals surface area contributed by atoms with Gasteiger partial charge in [-0.05, 0) is 18.6 Å².